The van der Waals surface area contributed by atoms with Gasteiger partial charge in [0.15, 0.2) is 0 Å². The molecule has 1 saturated heterocycles. The number of hydrogen-bond donors (Lipinski definition) is 0. The van der Waals surface area contributed by atoms with E-state index in [-0.39, 0.29) is 23.2 Å². The Bertz CT molecular complexity index is 527. The predicted octanol–water partition coefficient (Wildman–Crippen LogP) is 2.54. The lowest BCUT2D eigenvalue weighted by molar-refractivity contribution is -0.159. The van der Waals surface area contributed by atoms with Crippen molar-refractivity contribution < 1.29 is 18.7 Å². The van der Waals surface area contributed by atoms with Crippen molar-refractivity contribution in [1.29, 1.82) is 0 Å². The summed E-state index contributed by atoms with van der Waals surface area (Å²) in [4.78, 5) is 14.7. The minimum absolute atomic E-state index is 0.177. The van der Waals surface area contributed by atoms with Crippen LogP contribution in [-0.4, -0.2) is 44.2 Å². The second-order valence-electron chi connectivity index (χ2n) is 6.23. The summed E-state index contributed by atoms with van der Waals surface area (Å²) in [5.41, 5.74) is 0.577. The normalized spacial score (nSPS) is 23.9. The minimum Gasteiger partial charge on any atom is -0.384 e. The molecular weight excluding hydrogens is 285 g/mol. The van der Waals surface area contributed by atoms with Gasteiger partial charge in [-0.15, -0.1) is 0 Å². The molecule has 120 valence electrons. The predicted molar refractivity (Wildman–Crippen MR) is 79.8 cm³/mol. The van der Waals surface area contributed by atoms with Crippen molar-refractivity contribution in [2.45, 2.75) is 25.4 Å². The van der Waals surface area contributed by atoms with Gasteiger partial charge in [0.1, 0.15) is 11.9 Å². The van der Waals surface area contributed by atoms with Crippen LogP contribution in [0.5, 0.6) is 0 Å². The molecule has 1 aromatic carbocycles. The summed E-state index contributed by atoms with van der Waals surface area (Å²) in [5, 5.41) is 0. The van der Waals surface area contributed by atoms with Crippen LogP contribution in [0.15, 0.2) is 24.3 Å². The Kier molecular flexibility index (Phi) is 4.45. The maximum absolute atomic E-state index is 13.0. The Hall–Kier alpha value is -1.46. The standard InChI is InChI=1S/C17H22FNO3/c1-21-12-17(7-2-8-17)16(20)19-9-10-22-15(11-19)13-3-5-14(18)6-4-13/h3-6,15H,2,7-12H2,1H3. The van der Waals surface area contributed by atoms with Crippen molar-refractivity contribution in [2.24, 2.45) is 5.41 Å². The molecule has 22 heavy (non-hydrogen) atoms. The van der Waals surface area contributed by atoms with Crippen LogP contribution in [0.25, 0.3) is 0 Å². The number of hydrogen-bond acceptors (Lipinski definition) is 3. The van der Waals surface area contributed by atoms with E-state index in [0.29, 0.717) is 26.3 Å². The summed E-state index contributed by atoms with van der Waals surface area (Å²) in [6.07, 6.45) is 2.70. The Morgan fingerprint density at radius 3 is 2.73 bits per heavy atom. The molecule has 1 amide bonds. The summed E-state index contributed by atoms with van der Waals surface area (Å²) in [5.74, 6) is -0.0861. The van der Waals surface area contributed by atoms with Gasteiger partial charge in [-0.3, -0.25) is 4.79 Å². The maximum Gasteiger partial charge on any atom is 0.231 e. The molecule has 1 aliphatic carbocycles. The van der Waals surface area contributed by atoms with E-state index >= 15 is 0 Å². The molecule has 0 N–H and O–H groups in total. The quantitative estimate of drug-likeness (QED) is 0.858. The van der Waals surface area contributed by atoms with Gasteiger partial charge < -0.3 is 14.4 Å². The molecule has 0 radical (unpaired) electrons. The molecule has 1 saturated carbocycles. The van der Waals surface area contributed by atoms with Crippen LogP contribution in [0.1, 0.15) is 30.9 Å². The molecule has 5 heteroatoms. The highest BCUT2D eigenvalue weighted by Gasteiger charge is 2.47. The lowest BCUT2D eigenvalue weighted by Crippen LogP contribution is -2.53. The van der Waals surface area contributed by atoms with E-state index in [4.69, 9.17) is 9.47 Å². The van der Waals surface area contributed by atoms with E-state index in [1.807, 2.05) is 4.90 Å². The lowest BCUT2D eigenvalue weighted by Gasteiger charge is -2.45. The van der Waals surface area contributed by atoms with Crippen LogP contribution in [0, 0.1) is 11.2 Å². The van der Waals surface area contributed by atoms with Gasteiger partial charge in [-0.05, 0) is 30.5 Å². The van der Waals surface area contributed by atoms with Crippen LogP contribution in [0.4, 0.5) is 4.39 Å². The number of benzene rings is 1. The van der Waals surface area contributed by atoms with Gasteiger partial charge in [0, 0.05) is 13.7 Å². The number of carbonyl (C=O) groups is 1. The van der Waals surface area contributed by atoms with Gasteiger partial charge >= 0.3 is 0 Å². The molecule has 0 spiro atoms. The number of ether oxygens (including phenoxy) is 2. The second-order valence-corrected chi connectivity index (χ2v) is 6.23. The smallest absolute Gasteiger partial charge is 0.231 e. The second kappa shape index (κ2) is 6.34. The molecule has 1 aliphatic heterocycles. The Balaban J connectivity index is 1.70. The minimum atomic E-state index is -0.334. The Labute approximate surface area is 130 Å². The number of nitrogens with zero attached hydrogens (tertiary/aromatic N) is 1. The molecule has 1 aromatic rings. The average molecular weight is 307 g/mol. The van der Waals surface area contributed by atoms with Crippen molar-refractivity contribution in [1.82, 2.24) is 4.90 Å². The van der Waals surface area contributed by atoms with E-state index in [2.05, 4.69) is 0 Å². The molecular formula is C17H22FNO3. The van der Waals surface area contributed by atoms with Gasteiger partial charge in [-0.25, -0.2) is 4.39 Å². The summed E-state index contributed by atoms with van der Waals surface area (Å²) in [6, 6.07) is 6.31. The van der Waals surface area contributed by atoms with Crippen molar-refractivity contribution in [3.8, 4) is 0 Å². The van der Waals surface area contributed by atoms with Gasteiger partial charge in [-0.2, -0.15) is 0 Å². The number of morpholine rings is 1. The third kappa shape index (κ3) is 2.88. The first-order chi connectivity index (χ1) is 10.6. The Morgan fingerprint density at radius 2 is 2.14 bits per heavy atom. The van der Waals surface area contributed by atoms with Gasteiger partial charge in [-0.1, -0.05) is 18.6 Å². The van der Waals surface area contributed by atoms with Crippen molar-refractivity contribution in [3.05, 3.63) is 35.6 Å². The first-order valence-corrected chi connectivity index (χ1v) is 7.80. The molecule has 2 aliphatic rings. The fraction of sp³-hybridized carbons (Fsp3) is 0.588. The van der Waals surface area contributed by atoms with Crippen molar-refractivity contribution in [2.75, 3.05) is 33.4 Å². The number of amides is 1. The van der Waals surface area contributed by atoms with Crippen LogP contribution < -0.4 is 0 Å². The molecule has 1 heterocycles. The van der Waals surface area contributed by atoms with E-state index in [1.165, 1.54) is 12.1 Å². The first-order valence-electron chi connectivity index (χ1n) is 7.80. The van der Waals surface area contributed by atoms with Crippen LogP contribution in [0.2, 0.25) is 0 Å². The van der Waals surface area contributed by atoms with Crippen molar-refractivity contribution >= 4 is 5.91 Å². The lowest BCUT2D eigenvalue weighted by atomic mass is 9.68. The van der Waals surface area contributed by atoms with E-state index in [9.17, 15) is 9.18 Å². The highest BCUT2D eigenvalue weighted by Crippen LogP contribution is 2.43. The van der Waals surface area contributed by atoms with E-state index in [0.717, 1.165) is 24.8 Å². The molecule has 4 nitrogen and oxygen atoms in total. The van der Waals surface area contributed by atoms with Gasteiger partial charge in [0.25, 0.3) is 0 Å². The van der Waals surface area contributed by atoms with Crippen molar-refractivity contribution in [3.63, 3.8) is 0 Å². The molecule has 1 atom stereocenters. The molecule has 2 fully saturated rings. The third-order valence-electron chi connectivity index (χ3n) is 4.78. The highest BCUT2D eigenvalue weighted by molar-refractivity contribution is 5.84. The fourth-order valence-corrected chi connectivity index (χ4v) is 3.35. The zero-order chi connectivity index (χ0) is 15.6. The largest absolute Gasteiger partial charge is 0.384 e. The number of halogens is 1. The number of methoxy groups -OCH3 is 1. The van der Waals surface area contributed by atoms with E-state index in [1.54, 1.807) is 19.2 Å². The third-order valence-corrected chi connectivity index (χ3v) is 4.78. The fourth-order valence-electron chi connectivity index (χ4n) is 3.35. The maximum atomic E-state index is 13.0. The summed E-state index contributed by atoms with van der Waals surface area (Å²) < 4.78 is 24.1. The summed E-state index contributed by atoms with van der Waals surface area (Å²) in [6.45, 7) is 2.14. The highest BCUT2D eigenvalue weighted by atomic mass is 19.1. The molecule has 0 bridgehead atoms. The SMILES string of the molecule is COCC1(C(=O)N2CCOC(c3ccc(F)cc3)C2)CCC1. The topological polar surface area (TPSA) is 38.8 Å². The number of rotatable bonds is 4. The average Bonchev–Trinajstić information content (AvgIpc) is 2.51. The molecule has 3 rings (SSSR count). The monoisotopic (exact) mass is 307 g/mol. The van der Waals surface area contributed by atoms with Gasteiger partial charge in [0.2, 0.25) is 5.91 Å². The van der Waals surface area contributed by atoms with Gasteiger partial charge in [0.05, 0.1) is 25.2 Å². The molecule has 1 unspecified atom stereocenters. The Morgan fingerprint density at radius 1 is 1.41 bits per heavy atom. The first kappa shape index (κ1) is 15.4. The summed E-state index contributed by atoms with van der Waals surface area (Å²) >= 11 is 0. The zero-order valence-corrected chi connectivity index (χ0v) is 12.9. The zero-order valence-electron chi connectivity index (χ0n) is 12.9. The van der Waals surface area contributed by atoms with E-state index < -0.39 is 0 Å². The molecule has 0 aromatic heterocycles. The van der Waals surface area contributed by atoms with Crippen LogP contribution in [-0.2, 0) is 14.3 Å². The van der Waals surface area contributed by atoms with Crippen LogP contribution >= 0.6 is 0 Å². The summed E-state index contributed by atoms with van der Waals surface area (Å²) in [7, 11) is 1.65. The van der Waals surface area contributed by atoms with Crippen LogP contribution in [0.3, 0.4) is 0 Å². The number of carbonyl (C=O) groups excluding carboxylic acids is 1.